The Morgan fingerprint density at radius 2 is 1.64 bits per heavy atom. The van der Waals surface area contributed by atoms with Crippen molar-refractivity contribution in [1.82, 2.24) is 15.5 Å². The molecule has 1 heterocycles. The van der Waals surface area contributed by atoms with E-state index in [0.29, 0.717) is 12.2 Å². The number of nitrogens with zero attached hydrogens (tertiary/aromatic N) is 1. The van der Waals surface area contributed by atoms with Crippen molar-refractivity contribution < 1.29 is 29.3 Å². The number of phenolic OH excluding ortho intramolecular Hbond substituents is 1. The second-order valence-electron chi connectivity index (χ2n) is 9.48. The number of carboxylic acids is 1. The van der Waals surface area contributed by atoms with Crippen molar-refractivity contribution in [2.45, 2.75) is 31.5 Å². The Bertz CT molecular complexity index is 1280. The maximum Gasteiger partial charge on any atom is 0.335 e. The zero-order valence-corrected chi connectivity index (χ0v) is 21.6. The lowest BCUT2D eigenvalue weighted by Crippen LogP contribution is -2.52. The third-order valence-electron chi connectivity index (χ3n) is 6.57. The van der Waals surface area contributed by atoms with E-state index in [1.807, 2.05) is 24.3 Å². The van der Waals surface area contributed by atoms with E-state index in [4.69, 9.17) is 9.84 Å². The number of phenols is 1. The topological polar surface area (TPSA) is 140 Å². The Morgan fingerprint density at radius 1 is 0.974 bits per heavy atom. The fourth-order valence-electron chi connectivity index (χ4n) is 4.48. The van der Waals surface area contributed by atoms with Gasteiger partial charge in [0.25, 0.3) is 0 Å². The number of amides is 3. The lowest BCUT2D eigenvalue weighted by molar-refractivity contribution is -0.123. The van der Waals surface area contributed by atoms with Crippen LogP contribution in [0, 0.1) is 0 Å². The van der Waals surface area contributed by atoms with E-state index in [-0.39, 0.29) is 29.7 Å². The molecule has 0 saturated carbocycles. The molecule has 2 atom stereocenters. The number of anilines is 1. The van der Waals surface area contributed by atoms with Crippen molar-refractivity contribution in [1.29, 1.82) is 0 Å². The summed E-state index contributed by atoms with van der Waals surface area (Å²) in [5.41, 5.74) is 2.42. The summed E-state index contributed by atoms with van der Waals surface area (Å²) in [7, 11) is 1.63. The van der Waals surface area contributed by atoms with Crippen LogP contribution in [0.2, 0.25) is 0 Å². The quantitative estimate of drug-likeness (QED) is 0.270. The minimum absolute atomic E-state index is 0.0634. The van der Waals surface area contributed by atoms with Crippen LogP contribution in [0.25, 0.3) is 0 Å². The van der Waals surface area contributed by atoms with Crippen molar-refractivity contribution in [2.24, 2.45) is 0 Å². The monoisotopic (exact) mass is 532 g/mol. The number of hydrogen-bond donors (Lipinski definition) is 5. The van der Waals surface area contributed by atoms with Gasteiger partial charge in [-0.2, -0.15) is 0 Å². The lowest BCUT2D eigenvalue weighted by atomic mass is 10.0. The molecule has 0 bridgehead atoms. The van der Waals surface area contributed by atoms with Gasteiger partial charge in [-0.3, -0.25) is 9.69 Å². The van der Waals surface area contributed by atoms with Gasteiger partial charge in [-0.15, -0.1) is 0 Å². The molecule has 4 rings (SSSR count). The van der Waals surface area contributed by atoms with E-state index in [2.05, 4.69) is 20.9 Å². The second kappa shape index (κ2) is 12.8. The first-order valence-electron chi connectivity index (χ1n) is 12.6. The third-order valence-corrected chi connectivity index (χ3v) is 6.57. The molecule has 1 aliphatic heterocycles. The fourth-order valence-corrected chi connectivity index (χ4v) is 4.48. The molecule has 204 valence electrons. The molecule has 0 aromatic heterocycles. The summed E-state index contributed by atoms with van der Waals surface area (Å²) in [4.78, 5) is 39.4. The number of carboxylic acid groups (broad SMARTS) is 1. The molecule has 3 amide bonds. The number of rotatable bonds is 10. The Labute approximate surface area is 226 Å². The van der Waals surface area contributed by atoms with E-state index in [9.17, 15) is 19.5 Å². The lowest BCUT2D eigenvalue weighted by Gasteiger charge is -2.22. The molecule has 3 aromatic carbocycles. The van der Waals surface area contributed by atoms with Crippen LogP contribution in [0.15, 0.2) is 72.8 Å². The molecule has 10 nitrogen and oxygen atoms in total. The summed E-state index contributed by atoms with van der Waals surface area (Å²) >= 11 is 0. The summed E-state index contributed by atoms with van der Waals surface area (Å²) in [5, 5.41) is 27.1. The molecular weight excluding hydrogens is 500 g/mol. The summed E-state index contributed by atoms with van der Waals surface area (Å²) in [5.74, 6) is -0.459. The number of benzene rings is 3. The SMILES string of the molecule is COc1ccc(CN2CCC(NC(=O)[C@H](Cc3ccc(O)cc3)NC(=O)Nc3ccc(C(=O)O)cc3)C2)cc1. The van der Waals surface area contributed by atoms with Crippen LogP contribution < -0.4 is 20.7 Å². The highest BCUT2D eigenvalue weighted by Crippen LogP contribution is 2.18. The molecule has 1 aliphatic rings. The smallest absolute Gasteiger partial charge is 0.335 e. The summed E-state index contributed by atoms with van der Waals surface area (Å²) in [6.45, 7) is 2.28. The number of carbonyl (C=O) groups excluding carboxylic acids is 2. The second-order valence-corrected chi connectivity index (χ2v) is 9.48. The standard InChI is InChI=1S/C29H32N4O6/c1-39-25-12-4-20(5-13-25)17-33-15-14-23(18-33)30-27(35)26(16-19-2-10-24(34)11-3-19)32-29(38)31-22-8-6-21(7-9-22)28(36)37/h2-13,23,26,34H,14-18H2,1H3,(H,30,35)(H,36,37)(H2,31,32,38)/t23?,26-/m0/s1. The number of likely N-dealkylation sites (tertiary alicyclic amines) is 1. The third kappa shape index (κ3) is 7.96. The van der Waals surface area contributed by atoms with Crippen LogP contribution in [0.1, 0.15) is 27.9 Å². The molecule has 10 heteroatoms. The summed E-state index contributed by atoms with van der Waals surface area (Å²) in [6.07, 6.45) is 1.01. The van der Waals surface area contributed by atoms with E-state index in [0.717, 1.165) is 36.4 Å². The molecule has 0 spiro atoms. The van der Waals surface area contributed by atoms with Crippen molar-refractivity contribution in [3.8, 4) is 11.5 Å². The number of hydrogen-bond acceptors (Lipinski definition) is 6. The number of urea groups is 1. The molecule has 5 N–H and O–H groups in total. The van der Waals surface area contributed by atoms with Gasteiger partial charge in [-0.25, -0.2) is 9.59 Å². The molecular formula is C29H32N4O6. The summed E-state index contributed by atoms with van der Waals surface area (Å²) in [6, 6.07) is 18.6. The van der Waals surface area contributed by atoms with Gasteiger partial charge in [0, 0.05) is 37.8 Å². The van der Waals surface area contributed by atoms with Gasteiger partial charge >= 0.3 is 12.0 Å². The molecule has 39 heavy (non-hydrogen) atoms. The zero-order valence-electron chi connectivity index (χ0n) is 21.6. The molecule has 1 fully saturated rings. The predicted octanol–water partition coefficient (Wildman–Crippen LogP) is 3.22. The van der Waals surface area contributed by atoms with Gasteiger partial charge in [-0.1, -0.05) is 24.3 Å². The maximum absolute atomic E-state index is 13.3. The van der Waals surface area contributed by atoms with Crippen LogP contribution in [-0.4, -0.2) is 65.3 Å². The maximum atomic E-state index is 13.3. The predicted molar refractivity (Wildman–Crippen MR) is 146 cm³/mol. The summed E-state index contributed by atoms with van der Waals surface area (Å²) < 4.78 is 5.22. The Balaban J connectivity index is 1.37. The normalized spacial score (nSPS) is 15.8. The van der Waals surface area contributed by atoms with E-state index >= 15 is 0 Å². The highest BCUT2D eigenvalue weighted by Gasteiger charge is 2.28. The number of methoxy groups -OCH3 is 1. The van der Waals surface area contributed by atoms with Crippen molar-refractivity contribution in [2.75, 3.05) is 25.5 Å². The van der Waals surface area contributed by atoms with E-state index in [1.165, 1.54) is 36.4 Å². The first-order valence-corrected chi connectivity index (χ1v) is 12.6. The number of aromatic hydroxyl groups is 1. The minimum atomic E-state index is -1.06. The molecule has 0 aliphatic carbocycles. The van der Waals surface area contributed by atoms with Gasteiger partial charge < -0.3 is 30.9 Å². The van der Waals surface area contributed by atoms with Crippen LogP contribution in [0.5, 0.6) is 11.5 Å². The highest BCUT2D eigenvalue weighted by molar-refractivity contribution is 5.94. The number of carbonyl (C=O) groups is 3. The van der Waals surface area contributed by atoms with E-state index < -0.39 is 18.0 Å². The fraction of sp³-hybridized carbons (Fsp3) is 0.276. The first kappa shape index (κ1) is 27.5. The molecule has 0 radical (unpaired) electrons. The van der Waals surface area contributed by atoms with Crippen LogP contribution in [-0.2, 0) is 17.8 Å². The van der Waals surface area contributed by atoms with Crippen LogP contribution in [0.3, 0.4) is 0 Å². The molecule has 1 saturated heterocycles. The Morgan fingerprint density at radius 3 is 2.28 bits per heavy atom. The van der Waals surface area contributed by atoms with E-state index in [1.54, 1.807) is 19.2 Å². The Hall–Kier alpha value is -4.57. The zero-order chi connectivity index (χ0) is 27.8. The van der Waals surface area contributed by atoms with Crippen molar-refractivity contribution >= 4 is 23.6 Å². The van der Waals surface area contributed by atoms with Crippen LogP contribution >= 0.6 is 0 Å². The average molecular weight is 533 g/mol. The first-order chi connectivity index (χ1) is 18.8. The van der Waals surface area contributed by atoms with Gasteiger partial charge in [0.1, 0.15) is 17.5 Å². The highest BCUT2D eigenvalue weighted by atomic mass is 16.5. The number of ether oxygens (including phenoxy) is 1. The van der Waals surface area contributed by atoms with Gasteiger partial charge in [0.2, 0.25) is 5.91 Å². The van der Waals surface area contributed by atoms with Gasteiger partial charge in [-0.05, 0) is 66.1 Å². The average Bonchev–Trinajstić information content (AvgIpc) is 3.36. The number of aromatic carboxylic acids is 1. The van der Waals surface area contributed by atoms with Gasteiger partial charge in [0.05, 0.1) is 12.7 Å². The van der Waals surface area contributed by atoms with Crippen molar-refractivity contribution in [3.05, 3.63) is 89.5 Å². The van der Waals surface area contributed by atoms with Crippen molar-refractivity contribution in [3.63, 3.8) is 0 Å². The molecule has 3 aromatic rings. The number of nitrogens with one attached hydrogen (secondary N) is 3. The Kier molecular flexibility index (Phi) is 9.01. The van der Waals surface area contributed by atoms with Crippen LogP contribution in [0.4, 0.5) is 10.5 Å². The largest absolute Gasteiger partial charge is 0.508 e. The van der Waals surface area contributed by atoms with Gasteiger partial charge in [0.15, 0.2) is 0 Å². The minimum Gasteiger partial charge on any atom is -0.508 e. The molecule has 1 unspecified atom stereocenters.